The third-order valence-electron chi connectivity index (χ3n) is 4.42. The summed E-state index contributed by atoms with van der Waals surface area (Å²) in [5, 5.41) is 5.95. The number of hydrogen-bond acceptors (Lipinski definition) is 4. The Balaban J connectivity index is 1.61. The Morgan fingerprint density at radius 2 is 1.77 bits per heavy atom. The largest absolute Gasteiger partial charge is 0.319 e. The van der Waals surface area contributed by atoms with Gasteiger partial charge in [0.25, 0.3) is 11.5 Å². The molecule has 1 amide bonds. The second-order valence-corrected chi connectivity index (χ2v) is 7.39. The molecule has 4 aromatic rings. The topological polar surface area (TPSA) is 69.2 Å². The highest BCUT2D eigenvalue weighted by Gasteiger charge is 2.11. The minimum atomic E-state index is -0.568. The molecule has 4 rings (SSSR count). The number of thiazole rings is 1. The lowest BCUT2D eigenvalue weighted by Gasteiger charge is -2.06. The zero-order valence-corrected chi connectivity index (χ0v) is 16.6. The van der Waals surface area contributed by atoms with Crippen LogP contribution in [0.2, 0.25) is 0 Å². The van der Waals surface area contributed by atoms with E-state index in [4.69, 9.17) is 0 Å². The number of hydrogen-bond donors (Lipinski definition) is 0. The smallest absolute Gasteiger partial charge is 0.300 e. The number of carbonyl (C=O) groups is 1. The normalized spacial score (nSPS) is 11.6. The molecule has 0 fully saturated rings. The molecule has 0 bridgehead atoms. The van der Waals surface area contributed by atoms with Crippen LogP contribution in [0.25, 0.3) is 0 Å². The van der Waals surface area contributed by atoms with Crippen LogP contribution in [-0.4, -0.2) is 20.3 Å². The summed E-state index contributed by atoms with van der Waals surface area (Å²) >= 11 is 1.26. The fraction of sp³-hybridized carbons (Fsp3) is 0.0909. The summed E-state index contributed by atoms with van der Waals surface area (Å²) in [6.07, 6.45) is 1.74. The van der Waals surface area contributed by atoms with Crippen LogP contribution in [0.4, 0.5) is 4.39 Å². The van der Waals surface area contributed by atoms with Gasteiger partial charge in [0.05, 0.1) is 13.1 Å². The van der Waals surface area contributed by atoms with Gasteiger partial charge >= 0.3 is 0 Å². The first kappa shape index (κ1) is 19.7. The molecule has 0 saturated heterocycles. The lowest BCUT2D eigenvalue weighted by atomic mass is 10.2. The first-order valence-electron chi connectivity index (χ1n) is 9.18. The molecule has 0 unspecified atom stereocenters. The summed E-state index contributed by atoms with van der Waals surface area (Å²) in [4.78, 5) is 29.4. The van der Waals surface area contributed by atoms with E-state index in [1.165, 1.54) is 34.2 Å². The zero-order chi connectivity index (χ0) is 20.9. The number of carbonyl (C=O) groups excluding carboxylic acids is 1. The Morgan fingerprint density at radius 3 is 2.57 bits per heavy atom. The van der Waals surface area contributed by atoms with Gasteiger partial charge in [0, 0.05) is 23.2 Å². The van der Waals surface area contributed by atoms with E-state index in [1.807, 2.05) is 30.3 Å². The monoisotopic (exact) mass is 420 g/mol. The molecule has 2 aromatic carbocycles. The molecule has 30 heavy (non-hydrogen) atoms. The maximum absolute atomic E-state index is 14.0. The summed E-state index contributed by atoms with van der Waals surface area (Å²) in [5.41, 5.74) is 1.16. The van der Waals surface area contributed by atoms with E-state index < -0.39 is 5.91 Å². The van der Waals surface area contributed by atoms with Gasteiger partial charge in [0.2, 0.25) is 0 Å². The molecule has 0 atom stereocenters. The van der Waals surface area contributed by atoms with Crippen molar-refractivity contribution in [2.45, 2.75) is 13.1 Å². The van der Waals surface area contributed by atoms with Crippen molar-refractivity contribution >= 4 is 17.2 Å². The number of benzene rings is 2. The van der Waals surface area contributed by atoms with Crippen LogP contribution >= 0.6 is 11.3 Å². The van der Waals surface area contributed by atoms with E-state index in [-0.39, 0.29) is 30.2 Å². The van der Waals surface area contributed by atoms with Crippen molar-refractivity contribution in [2.75, 3.05) is 0 Å². The van der Waals surface area contributed by atoms with Gasteiger partial charge in [-0.15, -0.1) is 11.3 Å². The van der Waals surface area contributed by atoms with Gasteiger partial charge in [-0.2, -0.15) is 10.1 Å². The fourth-order valence-electron chi connectivity index (χ4n) is 2.89. The van der Waals surface area contributed by atoms with Gasteiger partial charge in [-0.3, -0.25) is 9.59 Å². The van der Waals surface area contributed by atoms with Crippen LogP contribution in [0.15, 0.2) is 88.1 Å². The van der Waals surface area contributed by atoms with Crippen molar-refractivity contribution in [1.82, 2.24) is 14.3 Å². The standard InChI is InChI=1S/C22H17FN4O2S/c23-18-9-5-4-8-17(18)15-26-12-13-30-22(26)24-21(29)19-10-11-20(28)27(25-19)14-16-6-2-1-3-7-16/h1-13H,14-15H2. The van der Waals surface area contributed by atoms with Gasteiger partial charge in [-0.25, -0.2) is 9.07 Å². The van der Waals surface area contributed by atoms with Gasteiger partial charge in [-0.1, -0.05) is 48.5 Å². The van der Waals surface area contributed by atoms with Crippen molar-refractivity contribution in [2.24, 2.45) is 4.99 Å². The molecule has 0 N–H and O–H groups in total. The van der Waals surface area contributed by atoms with Crippen LogP contribution in [0.3, 0.4) is 0 Å². The Morgan fingerprint density at radius 1 is 1.00 bits per heavy atom. The van der Waals surface area contributed by atoms with Gasteiger partial charge < -0.3 is 4.57 Å². The van der Waals surface area contributed by atoms with Crippen molar-refractivity contribution in [3.05, 3.63) is 116 Å². The molecular weight excluding hydrogens is 403 g/mol. The van der Waals surface area contributed by atoms with Crippen molar-refractivity contribution in [1.29, 1.82) is 0 Å². The van der Waals surface area contributed by atoms with Gasteiger partial charge in [0.1, 0.15) is 5.82 Å². The predicted molar refractivity (Wildman–Crippen MR) is 112 cm³/mol. The number of nitrogens with zero attached hydrogens (tertiary/aromatic N) is 4. The van der Waals surface area contributed by atoms with Crippen molar-refractivity contribution in [3.63, 3.8) is 0 Å². The molecule has 2 heterocycles. The summed E-state index contributed by atoms with van der Waals surface area (Å²) in [6.45, 7) is 0.510. The molecule has 0 aliphatic heterocycles. The Hall–Kier alpha value is -3.65. The summed E-state index contributed by atoms with van der Waals surface area (Å²) in [5.74, 6) is -0.885. The first-order valence-corrected chi connectivity index (χ1v) is 10.1. The Bertz CT molecular complexity index is 1310. The molecule has 0 saturated carbocycles. The second kappa shape index (κ2) is 8.79. The van der Waals surface area contributed by atoms with Gasteiger partial charge in [-0.05, 0) is 17.7 Å². The molecule has 8 heteroatoms. The van der Waals surface area contributed by atoms with Crippen LogP contribution in [-0.2, 0) is 13.1 Å². The number of rotatable bonds is 5. The van der Waals surface area contributed by atoms with Crippen LogP contribution < -0.4 is 10.4 Å². The lowest BCUT2D eigenvalue weighted by molar-refractivity contribution is 0.0990. The maximum Gasteiger partial charge on any atom is 0.300 e. The van der Waals surface area contributed by atoms with Crippen LogP contribution in [0.1, 0.15) is 21.6 Å². The third-order valence-corrected chi connectivity index (χ3v) is 5.21. The summed E-state index contributed by atoms with van der Waals surface area (Å²) in [7, 11) is 0. The van der Waals surface area contributed by atoms with Crippen molar-refractivity contribution in [3.8, 4) is 0 Å². The van der Waals surface area contributed by atoms with Gasteiger partial charge in [0.15, 0.2) is 10.5 Å². The molecule has 0 aliphatic rings. The fourth-order valence-corrected chi connectivity index (χ4v) is 3.62. The average Bonchev–Trinajstić information content (AvgIpc) is 3.18. The quantitative estimate of drug-likeness (QED) is 0.498. The van der Waals surface area contributed by atoms with E-state index >= 15 is 0 Å². The minimum absolute atomic E-state index is 0.0661. The molecule has 150 valence electrons. The molecule has 2 aromatic heterocycles. The van der Waals surface area contributed by atoms with Crippen LogP contribution in [0, 0.1) is 5.82 Å². The summed E-state index contributed by atoms with van der Waals surface area (Å²) < 4.78 is 16.9. The van der Waals surface area contributed by atoms with E-state index in [0.29, 0.717) is 10.4 Å². The maximum atomic E-state index is 14.0. The summed E-state index contributed by atoms with van der Waals surface area (Å²) in [6, 6.07) is 18.5. The molecule has 6 nitrogen and oxygen atoms in total. The number of halogens is 1. The number of amides is 1. The first-order chi connectivity index (χ1) is 14.6. The zero-order valence-electron chi connectivity index (χ0n) is 15.8. The van der Waals surface area contributed by atoms with E-state index in [9.17, 15) is 14.0 Å². The van der Waals surface area contributed by atoms with E-state index in [2.05, 4.69) is 10.1 Å². The number of aromatic nitrogens is 3. The third kappa shape index (κ3) is 4.49. The predicted octanol–water partition coefficient (Wildman–Crippen LogP) is 3.08. The van der Waals surface area contributed by atoms with E-state index in [1.54, 1.807) is 34.3 Å². The highest BCUT2D eigenvalue weighted by Crippen LogP contribution is 2.08. The molecular formula is C22H17FN4O2S. The Kier molecular flexibility index (Phi) is 5.76. The SMILES string of the molecule is O=C(N=c1sccn1Cc1ccccc1F)c1ccc(=O)n(Cc2ccccc2)n1. The second-order valence-electron chi connectivity index (χ2n) is 6.52. The highest BCUT2D eigenvalue weighted by molar-refractivity contribution is 7.07. The average molecular weight is 420 g/mol. The minimum Gasteiger partial charge on any atom is -0.319 e. The Labute approximate surface area is 175 Å². The molecule has 0 aliphatic carbocycles. The molecule has 0 spiro atoms. The van der Waals surface area contributed by atoms with Crippen molar-refractivity contribution < 1.29 is 9.18 Å². The molecule has 0 radical (unpaired) electrons. The van der Waals surface area contributed by atoms with Crippen LogP contribution in [0.5, 0.6) is 0 Å². The highest BCUT2D eigenvalue weighted by atomic mass is 32.1. The van der Waals surface area contributed by atoms with E-state index in [0.717, 1.165) is 5.56 Å². The lowest BCUT2D eigenvalue weighted by Crippen LogP contribution is -2.25.